The second-order valence-electron chi connectivity index (χ2n) is 6.89. The quantitative estimate of drug-likeness (QED) is 0.604. The molecule has 2 N–H and O–H groups in total. The lowest BCUT2D eigenvalue weighted by Crippen LogP contribution is -2.62. The molecule has 0 bridgehead atoms. The third kappa shape index (κ3) is 2.46. The largest absolute Gasteiger partial charge is 0.467 e. The zero-order chi connectivity index (χ0) is 19.1. The number of hydrogen-bond acceptors (Lipinski definition) is 6. The van der Waals surface area contributed by atoms with Crippen LogP contribution in [0.3, 0.4) is 0 Å². The van der Waals surface area contributed by atoms with Crippen molar-refractivity contribution in [1.29, 1.82) is 0 Å². The van der Waals surface area contributed by atoms with Gasteiger partial charge in [0.25, 0.3) is 0 Å². The maximum absolute atomic E-state index is 13.3. The molecule has 1 saturated heterocycles. The van der Waals surface area contributed by atoms with E-state index in [0.717, 1.165) is 12.7 Å². The average molecular weight is 358 g/mol. The van der Waals surface area contributed by atoms with E-state index in [1.54, 1.807) is 0 Å². The molecule has 2 fully saturated rings. The van der Waals surface area contributed by atoms with Crippen LogP contribution in [0.5, 0.6) is 0 Å². The molecule has 0 radical (unpaired) electrons. The van der Waals surface area contributed by atoms with Crippen LogP contribution < -0.4 is 5.73 Å². The second kappa shape index (κ2) is 6.64. The van der Waals surface area contributed by atoms with E-state index in [1.807, 2.05) is 30.3 Å². The number of rotatable bonds is 4. The van der Waals surface area contributed by atoms with Gasteiger partial charge in [-0.3, -0.25) is 14.4 Å². The molecule has 1 aromatic carbocycles. The minimum Gasteiger partial charge on any atom is -0.467 e. The molecule has 4 atom stereocenters. The highest BCUT2D eigenvalue weighted by atomic mass is 16.5. The number of hydrogen-bond donors (Lipinski definition) is 1. The van der Waals surface area contributed by atoms with Gasteiger partial charge in [-0.15, -0.1) is 0 Å². The average Bonchev–Trinajstić information content (AvgIpc) is 3.13. The third-order valence-electron chi connectivity index (χ3n) is 5.39. The van der Waals surface area contributed by atoms with Crippen LogP contribution in [-0.2, 0) is 30.3 Å². The zero-order valence-corrected chi connectivity index (χ0v) is 14.8. The fourth-order valence-corrected chi connectivity index (χ4v) is 4.20. The first-order valence-electron chi connectivity index (χ1n) is 8.63. The van der Waals surface area contributed by atoms with Gasteiger partial charge in [0.2, 0.25) is 11.4 Å². The van der Waals surface area contributed by atoms with Gasteiger partial charge in [0.15, 0.2) is 5.78 Å². The summed E-state index contributed by atoms with van der Waals surface area (Å²) in [5, 5.41) is 0. The minimum absolute atomic E-state index is 0.135. The number of fused-ring (bicyclic) bond motifs is 1. The van der Waals surface area contributed by atoms with Crippen molar-refractivity contribution in [3.8, 4) is 0 Å². The molecule has 1 amide bonds. The molecule has 7 nitrogen and oxygen atoms in total. The number of carbonyl (C=O) groups is 4. The topological polar surface area (TPSA) is 107 Å². The molecule has 0 aromatic heterocycles. The first-order chi connectivity index (χ1) is 12.4. The predicted octanol–water partition coefficient (Wildman–Crippen LogP) is 0.105. The Bertz CT molecular complexity index is 760. The molecular weight excluding hydrogens is 336 g/mol. The number of ether oxygens (including phenoxy) is 1. The summed E-state index contributed by atoms with van der Waals surface area (Å²) in [5.41, 5.74) is 4.64. The number of likely N-dealkylation sites (tertiary alicyclic amines) is 1. The van der Waals surface area contributed by atoms with Crippen LogP contribution >= 0.6 is 0 Å². The van der Waals surface area contributed by atoms with Crippen molar-refractivity contribution in [1.82, 2.24) is 4.90 Å². The Labute approximate surface area is 151 Å². The van der Waals surface area contributed by atoms with Gasteiger partial charge >= 0.3 is 5.97 Å². The van der Waals surface area contributed by atoms with E-state index < -0.39 is 41.1 Å². The van der Waals surface area contributed by atoms with E-state index in [2.05, 4.69) is 0 Å². The number of Topliss-reactive ketones (excluding diaryl/α,β-unsaturated/α-hetero) is 2. The van der Waals surface area contributed by atoms with Crippen molar-refractivity contribution in [2.45, 2.75) is 31.3 Å². The number of methoxy groups -OCH3 is 1. The molecule has 1 heterocycles. The number of ketones is 2. The van der Waals surface area contributed by atoms with Gasteiger partial charge in [-0.1, -0.05) is 30.3 Å². The summed E-state index contributed by atoms with van der Waals surface area (Å²) in [6.45, 7) is 1.62. The molecule has 1 aliphatic heterocycles. The number of nitrogens with zero attached hydrogens (tertiary/aromatic N) is 1. The van der Waals surface area contributed by atoms with Gasteiger partial charge in [-0.25, -0.2) is 4.79 Å². The van der Waals surface area contributed by atoms with Gasteiger partial charge in [0.05, 0.1) is 25.0 Å². The Hall–Kier alpha value is -2.54. The number of nitrogens with two attached hydrogens (primary N) is 1. The van der Waals surface area contributed by atoms with Crippen molar-refractivity contribution in [3.05, 3.63) is 35.9 Å². The lowest BCUT2D eigenvalue weighted by molar-refractivity contribution is -0.165. The Morgan fingerprint density at radius 3 is 2.54 bits per heavy atom. The molecule has 3 rings (SSSR count). The van der Waals surface area contributed by atoms with E-state index >= 15 is 0 Å². The fraction of sp³-hybridized carbons (Fsp3) is 0.474. The minimum atomic E-state index is -1.88. The highest BCUT2D eigenvalue weighted by Crippen LogP contribution is 2.47. The van der Waals surface area contributed by atoms with Crippen LogP contribution in [-0.4, -0.2) is 53.6 Å². The van der Waals surface area contributed by atoms with Crippen LogP contribution in [0.2, 0.25) is 0 Å². The number of esters is 1. The lowest BCUT2D eigenvalue weighted by atomic mass is 9.86. The molecule has 138 valence electrons. The predicted molar refractivity (Wildman–Crippen MR) is 91.9 cm³/mol. The van der Waals surface area contributed by atoms with E-state index in [9.17, 15) is 19.2 Å². The standard InChI is InChI=1S/C19H22N2O5/c1-11(20)17(24)21-9-8-14-15(22)13(10-12-6-4-3-5-7-12)16(23)19(14,21)18(25)26-2/h3-7,11,13-14H,8-10,20H2,1-2H3/t11-,13?,14?,19+/m0/s1. The zero-order valence-electron chi connectivity index (χ0n) is 14.8. The van der Waals surface area contributed by atoms with Gasteiger partial charge in [0.1, 0.15) is 5.78 Å². The summed E-state index contributed by atoms with van der Waals surface area (Å²) in [7, 11) is 1.16. The summed E-state index contributed by atoms with van der Waals surface area (Å²) >= 11 is 0. The Morgan fingerprint density at radius 2 is 1.96 bits per heavy atom. The van der Waals surface area contributed by atoms with Crippen LogP contribution in [0.15, 0.2) is 30.3 Å². The number of carbonyl (C=O) groups excluding carboxylic acids is 4. The number of amides is 1. The molecular formula is C19H22N2O5. The van der Waals surface area contributed by atoms with Gasteiger partial charge in [-0.05, 0) is 25.3 Å². The molecule has 2 aliphatic rings. The van der Waals surface area contributed by atoms with Crippen molar-refractivity contribution >= 4 is 23.4 Å². The van der Waals surface area contributed by atoms with E-state index in [4.69, 9.17) is 10.5 Å². The van der Waals surface area contributed by atoms with Gasteiger partial charge in [-0.2, -0.15) is 0 Å². The van der Waals surface area contributed by atoms with Gasteiger partial charge < -0.3 is 15.4 Å². The first kappa shape index (κ1) is 18.3. The highest BCUT2D eigenvalue weighted by Gasteiger charge is 2.71. The molecule has 7 heteroatoms. The summed E-state index contributed by atoms with van der Waals surface area (Å²) in [4.78, 5) is 52.7. The molecule has 1 aliphatic carbocycles. The molecule has 0 spiro atoms. The lowest BCUT2D eigenvalue weighted by Gasteiger charge is -2.34. The summed E-state index contributed by atoms with van der Waals surface area (Å²) in [6, 6.07) is 8.25. The maximum Gasteiger partial charge on any atom is 0.340 e. The highest BCUT2D eigenvalue weighted by molar-refractivity contribution is 6.27. The smallest absolute Gasteiger partial charge is 0.340 e. The molecule has 1 saturated carbocycles. The second-order valence-corrected chi connectivity index (χ2v) is 6.89. The van der Waals surface area contributed by atoms with Crippen LogP contribution in [0.1, 0.15) is 18.9 Å². The van der Waals surface area contributed by atoms with Crippen molar-refractivity contribution in [2.24, 2.45) is 17.6 Å². The van der Waals surface area contributed by atoms with Crippen LogP contribution in [0, 0.1) is 11.8 Å². The Kier molecular flexibility index (Phi) is 4.66. The fourth-order valence-electron chi connectivity index (χ4n) is 4.20. The summed E-state index contributed by atoms with van der Waals surface area (Å²) in [6.07, 6.45) is 0.456. The molecule has 2 unspecified atom stereocenters. The maximum atomic E-state index is 13.3. The Balaban J connectivity index is 2.04. The van der Waals surface area contributed by atoms with Gasteiger partial charge in [0, 0.05) is 6.54 Å². The SMILES string of the molecule is COC(=O)[C@]12C(=O)C(Cc3ccccc3)C(=O)C1CCN2C(=O)[C@H](C)N. The van der Waals surface area contributed by atoms with E-state index in [-0.39, 0.29) is 25.2 Å². The monoisotopic (exact) mass is 358 g/mol. The van der Waals surface area contributed by atoms with Crippen molar-refractivity contribution in [2.75, 3.05) is 13.7 Å². The molecule has 26 heavy (non-hydrogen) atoms. The van der Waals surface area contributed by atoms with E-state index in [0.29, 0.717) is 0 Å². The van der Waals surface area contributed by atoms with Crippen molar-refractivity contribution in [3.63, 3.8) is 0 Å². The summed E-state index contributed by atoms with van der Waals surface area (Å²) < 4.78 is 4.87. The normalized spacial score (nSPS) is 28.8. The van der Waals surface area contributed by atoms with E-state index in [1.165, 1.54) is 11.8 Å². The van der Waals surface area contributed by atoms with Crippen LogP contribution in [0.25, 0.3) is 0 Å². The Morgan fingerprint density at radius 1 is 1.31 bits per heavy atom. The van der Waals surface area contributed by atoms with Crippen LogP contribution in [0.4, 0.5) is 0 Å². The molecule has 1 aromatic rings. The third-order valence-corrected chi connectivity index (χ3v) is 5.39. The summed E-state index contributed by atoms with van der Waals surface area (Å²) in [5.74, 6) is -4.09. The number of benzene rings is 1. The van der Waals surface area contributed by atoms with Crippen molar-refractivity contribution < 1.29 is 23.9 Å². The first-order valence-corrected chi connectivity index (χ1v) is 8.63.